The van der Waals surface area contributed by atoms with Gasteiger partial charge >= 0.3 is 5.97 Å². The number of rotatable bonds is 4. The molecule has 1 aromatic rings. The van der Waals surface area contributed by atoms with E-state index in [4.69, 9.17) is 0 Å². The second-order valence-electron chi connectivity index (χ2n) is 5.28. The third kappa shape index (κ3) is 3.80. The van der Waals surface area contributed by atoms with Crippen LogP contribution < -0.4 is 5.32 Å². The van der Waals surface area contributed by atoms with Crippen LogP contribution >= 0.6 is 15.9 Å². The molecule has 0 heterocycles. The Morgan fingerprint density at radius 3 is 2.63 bits per heavy atom. The number of aryl methyl sites for hydroxylation is 1. The van der Waals surface area contributed by atoms with Gasteiger partial charge in [-0.15, -0.1) is 0 Å². The van der Waals surface area contributed by atoms with Crippen LogP contribution in [0.1, 0.15) is 49.3 Å². The first-order chi connectivity index (χ1) is 9.08. The fraction of sp³-hybridized carbons (Fsp3) is 0.533. The molecule has 0 radical (unpaired) electrons. The summed E-state index contributed by atoms with van der Waals surface area (Å²) in [5.41, 5.74) is 1.93. The quantitative estimate of drug-likeness (QED) is 0.885. The smallest absolute Gasteiger partial charge is 0.325 e. The monoisotopic (exact) mass is 325 g/mol. The standard InChI is InChI=1S/C15H20BrNO2/c1-10-7-8-11(9-13(10)16)14(15(18)19)17-12-5-3-2-4-6-12/h7-9,12,14,17H,2-6H2,1H3,(H,18,19). The normalized spacial score (nSPS) is 18.2. The minimum absolute atomic E-state index is 0.329. The van der Waals surface area contributed by atoms with Gasteiger partial charge in [-0.1, -0.05) is 47.3 Å². The van der Waals surface area contributed by atoms with Crippen LogP contribution in [0.15, 0.2) is 22.7 Å². The zero-order valence-corrected chi connectivity index (χ0v) is 12.7. The summed E-state index contributed by atoms with van der Waals surface area (Å²) in [7, 11) is 0. The Kier molecular flexibility index (Phi) is 4.99. The lowest BCUT2D eigenvalue weighted by atomic mass is 9.94. The van der Waals surface area contributed by atoms with Crippen LogP contribution in [0.5, 0.6) is 0 Å². The lowest BCUT2D eigenvalue weighted by Crippen LogP contribution is -2.38. The molecule has 3 nitrogen and oxygen atoms in total. The highest BCUT2D eigenvalue weighted by Crippen LogP contribution is 2.25. The molecule has 0 bridgehead atoms. The van der Waals surface area contributed by atoms with E-state index in [1.807, 2.05) is 25.1 Å². The van der Waals surface area contributed by atoms with Crippen molar-refractivity contribution in [1.82, 2.24) is 5.32 Å². The van der Waals surface area contributed by atoms with E-state index in [2.05, 4.69) is 21.2 Å². The summed E-state index contributed by atoms with van der Waals surface area (Å²) < 4.78 is 0.960. The van der Waals surface area contributed by atoms with E-state index >= 15 is 0 Å². The fourth-order valence-corrected chi connectivity index (χ4v) is 3.00. The molecule has 2 rings (SSSR count). The Hall–Kier alpha value is -0.870. The molecule has 1 atom stereocenters. The highest BCUT2D eigenvalue weighted by atomic mass is 79.9. The number of hydrogen-bond donors (Lipinski definition) is 2. The summed E-state index contributed by atoms with van der Waals surface area (Å²) in [6, 6.07) is 5.48. The molecule has 1 aromatic carbocycles. The van der Waals surface area contributed by atoms with Crippen LogP contribution in [-0.2, 0) is 4.79 Å². The first-order valence-electron chi connectivity index (χ1n) is 6.83. The van der Waals surface area contributed by atoms with Gasteiger partial charge in [0.2, 0.25) is 0 Å². The molecule has 0 aliphatic heterocycles. The summed E-state index contributed by atoms with van der Waals surface area (Å²) in [6.07, 6.45) is 5.82. The van der Waals surface area contributed by atoms with Gasteiger partial charge in [0.25, 0.3) is 0 Å². The summed E-state index contributed by atoms with van der Waals surface area (Å²) in [5.74, 6) is -0.804. The molecule has 19 heavy (non-hydrogen) atoms. The number of hydrogen-bond acceptors (Lipinski definition) is 2. The zero-order valence-electron chi connectivity index (χ0n) is 11.2. The second-order valence-corrected chi connectivity index (χ2v) is 6.14. The van der Waals surface area contributed by atoms with E-state index in [1.165, 1.54) is 19.3 Å². The molecule has 1 unspecified atom stereocenters. The van der Waals surface area contributed by atoms with Crippen molar-refractivity contribution in [2.24, 2.45) is 0 Å². The largest absolute Gasteiger partial charge is 0.480 e. The van der Waals surface area contributed by atoms with Crippen molar-refractivity contribution in [3.63, 3.8) is 0 Å². The van der Waals surface area contributed by atoms with Crippen molar-refractivity contribution >= 4 is 21.9 Å². The number of aliphatic carboxylic acids is 1. The van der Waals surface area contributed by atoms with Gasteiger partial charge < -0.3 is 5.11 Å². The predicted octanol–water partition coefficient (Wildman–Crippen LogP) is 3.81. The Labute approximate surface area is 122 Å². The average Bonchev–Trinajstić information content (AvgIpc) is 2.40. The molecule has 0 amide bonds. The molecule has 104 valence electrons. The van der Waals surface area contributed by atoms with Crippen LogP contribution in [0.25, 0.3) is 0 Å². The van der Waals surface area contributed by atoms with Crippen LogP contribution in [-0.4, -0.2) is 17.1 Å². The van der Waals surface area contributed by atoms with Crippen molar-refractivity contribution in [2.45, 2.75) is 51.1 Å². The Balaban J connectivity index is 2.14. The van der Waals surface area contributed by atoms with Gasteiger partial charge in [-0.2, -0.15) is 0 Å². The summed E-state index contributed by atoms with van der Waals surface area (Å²) in [5, 5.41) is 12.7. The molecular weight excluding hydrogens is 306 g/mol. The molecule has 1 fully saturated rings. The van der Waals surface area contributed by atoms with Gasteiger partial charge in [0.05, 0.1) is 0 Å². The van der Waals surface area contributed by atoms with E-state index < -0.39 is 12.0 Å². The van der Waals surface area contributed by atoms with Crippen molar-refractivity contribution in [1.29, 1.82) is 0 Å². The molecule has 0 spiro atoms. The third-order valence-corrected chi connectivity index (χ3v) is 4.64. The van der Waals surface area contributed by atoms with Gasteiger partial charge in [-0.3, -0.25) is 10.1 Å². The SMILES string of the molecule is Cc1ccc(C(NC2CCCCC2)C(=O)O)cc1Br. The molecular formula is C15H20BrNO2. The Morgan fingerprint density at radius 1 is 1.37 bits per heavy atom. The third-order valence-electron chi connectivity index (χ3n) is 3.78. The van der Waals surface area contributed by atoms with Crippen molar-refractivity contribution < 1.29 is 9.90 Å². The van der Waals surface area contributed by atoms with Crippen LogP contribution in [0.3, 0.4) is 0 Å². The molecule has 0 aromatic heterocycles. The van der Waals surface area contributed by atoms with Crippen LogP contribution in [0.2, 0.25) is 0 Å². The molecule has 4 heteroatoms. The van der Waals surface area contributed by atoms with Crippen molar-refractivity contribution in [3.05, 3.63) is 33.8 Å². The van der Waals surface area contributed by atoms with E-state index in [9.17, 15) is 9.90 Å². The number of nitrogens with one attached hydrogen (secondary N) is 1. The molecule has 1 saturated carbocycles. The highest BCUT2D eigenvalue weighted by molar-refractivity contribution is 9.10. The minimum atomic E-state index is -0.804. The number of carbonyl (C=O) groups is 1. The van der Waals surface area contributed by atoms with Crippen LogP contribution in [0.4, 0.5) is 0 Å². The van der Waals surface area contributed by atoms with Crippen LogP contribution in [0, 0.1) is 6.92 Å². The van der Waals surface area contributed by atoms with Gasteiger partial charge in [0.15, 0.2) is 0 Å². The summed E-state index contributed by atoms with van der Waals surface area (Å²) >= 11 is 3.47. The lowest BCUT2D eigenvalue weighted by molar-refractivity contribution is -0.140. The molecule has 1 aliphatic carbocycles. The molecule has 1 aliphatic rings. The Bertz CT molecular complexity index is 455. The van der Waals surface area contributed by atoms with Gasteiger partial charge in [0, 0.05) is 10.5 Å². The van der Waals surface area contributed by atoms with Gasteiger partial charge in [-0.05, 0) is 37.0 Å². The van der Waals surface area contributed by atoms with E-state index in [0.29, 0.717) is 6.04 Å². The van der Waals surface area contributed by atoms with E-state index in [-0.39, 0.29) is 0 Å². The van der Waals surface area contributed by atoms with E-state index in [0.717, 1.165) is 28.4 Å². The Morgan fingerprint density at radius 2 is 2.05 bits per heavy atom. The molecule has 2 N–H and O–H groups in total. The number of carboxylic acids is 1. The fourth-order valence-electron chi connectivity index (χ4n) is 2.60. The van der Waals surface area contributed by atoms with Crippen molar-refractivity contribution in [3.8, 4) is 0 Å². The lowest BCUT2D eigenvalue weighted by Gasteiger charge is -2.27. The van der Waals surface area contributed by atoms with Gasteiger partial charge in [-0.25, -0.2) is 0 Å². The first-order valence-corrected chi connectivity index (χ1v) is 7.62. The summed E-state index contributed by atoms with van der Waals surface area (Å²) in [4.78, 5) is 11.5. The average molecular weight is 326 g/mol. The maximum atomic E-state index is 11.5. The first kappa shape index (κ1) is 14.5. The van der Waals surface area contributed by atoms with E-state index in [1.54, 1.807) is 0 Å². The minimum Gasteiger partial charge on any atom is -0.480 e. The zero-order chi connectivity index (χ0) is 13.8. The number of carboxylic acid groups (broad SMARTS) is 1. The number of halogens is 1. The second kappa shape index (κ2) is 6.53. The van der Waals surface area contributed by atoms with Gasteiger partial charge in [0.1, 0.15) is 6.04 Å². The summed E-state index contributed by atoms with van der Waals surface area (Å²) in [6.45, 7) is 2.00. The number of benzene rings is 1. The topological polar surface area (TPSA) is 49.3 Å². The maximum absolute atomic E-state index is 11.5. The molecule has 0 saturated heterocycles. The highest BCUT2D eigenvalue weighted by Gasteiger charge is 2.24. The predicted molar refractivity (Wildman–Crippen MR) is 79.3 cm³/mol. The van der Waals surface area contributed by atoms with Crippen molar-refractivity contribution in [2.75, 3.05) is 0 Å². The maximum Gasteiger partial charge on any atom is 0.325 e.